The van der Waals surface area contributed by atoms with Gasteiger partial charge in [-0.15, -0.1) is 0 Å². The molecule has 0 saturated carbocycles. The first-order chi connectivity index (χ1) is 10.5. The number of aromatic amines is 2. The van der Waals surface area contributed by atoms with Crippen LogP contribution in [0.3, 0.4) is 0 Å². The molecule has 0 aliphatic rings. The van der Waals surface area contributed by atoms with E-state index in [0.29, 0.717) is 10.9 Å². The number of hydrogen-bond acceptors (Lipinski definition) is 3. The number of rotatable bonds is 3. The van der Waals surface area contributed by atoms with Crippen LogP contribution in [0.5, 0.6) is 0 Å². The number of imidazole rings is 1. The Kier molecular flexibility index (Phi) is 3.80. The molecule has 22 heavy (non-hydrogen) atoms. The molecule has 3 aromatic rings. The molecule has 1 aromatic heterocycles. The van der Waals surface area contributed by atoms with Gasteiger partial charge in [-0.1, -0.05) is 48.5 Å². The Bertz CT molecular complexity index is 899. The summed E-state index contributed by atoms with van der Waals surface area (Å²) >= 11 is 4.27. The van der Waals surface area contributed by atoms with E-state index in [1.807, 2.05) is 31.2 Å². The molecule has 0 aliphatic heterocycles. The molecule has 0 unspecified atom stereocenters. The van der Waals surface area contributed by atoms with Crippen molar-refractivity contribution in [3.8, 4) is 11.4 Å². The number of benzene rings is 2. The highest BCUT2D eigenvalue weighted by atomic mass is 32.2. The average molecular weight is 331 g/mol. The zero-order valence-electron chi connectivity index (χ0n) is 11.9. The van der Waals surface area contributed by atoms with Gasteiger partial charge in [0.15, 0.2) is 0 Å². The van der Waals surface area contributed by atoms with E-state index in [0.717, 1.165) is 11.1 Å². The molecule has 2 aromatic carbocycles. The SMILES string of the molecule is Cc1ccc(-c2[nH]c(S(=O)(=O)c3ccccc3)c(S)[nH+]2)cc1. The summed E-state index contributed by atoms with van der Waals surface area (Å²) in [6.45, 7) is 2.00. The fourth-order valence-electron chi connectivity index (χ4n) is 2.16. The van der Waals surface area contributed by atoms with Gasteiger partial charge in [-0.05, 0) is 31.2 Å². The van der Waals surface area contributed by atoms with Crippen molar-refractivity contribution in [2.75, 3.05) is 0 Å². The summed E-state index contributed by atoms with van der Waals surface area (Å²) in [5.41, 5.74) is 2.01. The molecule has 112 valence electrons. The van der Waals surface area contributed by atoms with Gasteiger partial charge in [-0.3, -0.25) is 0 Å². The van der Waals surface area contributed by atoms with Crippen LogP contribution >= 0.6 is 12.6 Å². The number of H-pyrrole nitrogens is 2. The second kappa shape index (κ2) is 5.62. The quantitative estimate of drug-likeness (QED) is 0.725. The van der Waals surface area contributed by atoms with Crippen LogP contribution in [0, 0.1) is 6.92 Å². The maximum Gasteiger partial charge on any atom is 0.286 e. The normalized spacial score (nSPS) is 11.5. The lowest BCUT2D eigenvalue weighted by molar-refractivity contribution is -0.412. The van der Waals surface area contributed by atoms with E-state index in [2.05, 4.69) is 22.6 Å². The van der Waals surface area contributed by atoms with E-state index in [4.69, 9.17) is 0 Å². The van der Waals surface area contributed by atoms with Gasteiger partial charge in [0.05, 0.1) is 10.5 Å². The summed E-state index contributed by atoms with van der Waals surface area (Å²) in [4.78, 5) is 6.15. The minimum atomic E-state index is -3.63. The largest absolute Gasteiger partial charge is 0.286 e. The van der Waals surface area contributed by atoms with Crippen molar-refractivity contribution >= 4 is 22.5 Å². The number of aryl methyl sites for hydroxylation is 1. The third kappa shape index (κ3) is 2.67. The van der Waals surface area contributed by atoms with Crippen LogP contribution in [0.1, 0.15) is 5.56 Å². The van der Waals surface area contributed by atoms with E-state index < -0.39 is 9.84 Å². The highest BCUT2D eigenvalue weighted by Crippen LogP contribution is 2.25. The monoisotopic (exact) mass is 331 g/mol. The average Bonchev–Trinajstić information content (AvgIpc) is 2.91. The number of hydrogen-bond donors (Lipinski definition) is 2. The van der Waals surface area contributed by atoms with Crippen molar-refractivity contribution in [1.82, 2.24) is 4.98 Å². The second-order valence-electron chi connectivity index (χ2n) is 4.99. The molecule has 1 heterocycles. The molecule has 0 amide bonds. The highest BCUT2D eigenvalue weighted by Gasteiger charge is 2.29. The Hall–Kier alpha value is -2.05. The van der Waals surface area contributed by atoms with Crippen LogP contribution in [0.25, 0.3) is 11.4 Å². The third-order valence-electron chi connectivity index (χ3n) is 3.36. The molecule has 0 radical (unpaired) electrons. The number of aromatic nitrogens is 2. The van der Waals surface area contributed by atoms with E-state index in [-0.39, 0.29) is 9.92 Å². The van der Waals surface area contributed by atoms with Crippen LogP contribution in [0.2, 0.25) is 0 Å². The van der Waals surface area contributed by atoms with Crippen molar-refractivity contribution in [1.29, 1.82) is 0 Å². The predicted octanol–water partition coefficient (Wildman–Crippen LogP) is 2.93. The summed E-state index contributed by atoms with van der Waals surface area (Å²) in [6.07, 6.45) is 0. The molecular formula is C16H15N2O2S2+. The lowest BCUT2D eigenvalue weighted by atomic mass is 10.1. The van der Waals surface area contributed by atoms with Crippen molar-refractivity contribution in [2.24, 2.45) is 0 Å². The molecule has 4 nitrogen and oxygen atoms in total. The number of thiol groups is 1. The number of nitrogens with one attached hydrogen (secondary N) is 2. The summed E-state index contributed by atoms with van der Waals surface area (Å²) in [5.74, 6) is 0.611. The topological polar surface area (TPSA) is 64.1 Å². The van der Waals surface area contributed by atoms with Gasteiger partial charge in [0.2, 0.25) is 14.9 Å². The summed E-state index contributed by atoms with van der Waals surface area (Å²) in [7, 11) is -3.63. The maximum absolute atomic E-state index is 12.7. The van der Waals surface area contributed by atoms with Gasteiger partial charge < -0.3 is 0 Å². The third-order valence-corrected chi connectivity index (χ3v) is 5.58. The zero-order valence-corrected chi connectivity index (χ0v) is 13.6. The van der Waals surface area contributed by atoms with Crippen LogP contribution in [-0.4, -0.2) is 13.4 Å². The Labute approximate surface area is 134 Å². The van der Waals surface area contributed by atoms with Crippen LogP contribution in [0.4, 0.5) is 0 Å². The number of sulfone groups is 1. The standard InChI is InChI=1S/C16H14N2O2S2/c1-11-7-9-12(10-8-11)14-17-15(21)16(18-14)22(19,20)13-5-3-2-4-6-13/h2-10,21H,1H3,(H,17,18)/p+1. The van der Waals surface area contributed by atoms with Gasteiger partial charge in [0, 0.05) is 0 Å². The molecule has 0 bridgehead atoms. The Morgan fingerprint density at radius 3 is 2.27 bits per heavy atom. The Balaban J connectivity index is 2.08. The van der Waals surface area contributed by atoms with Crippen molar-refractivity contribution in [2.45, 2.75) is 21.9 Å². The molecule has 0 aliphatic carbocycles. The lowest BCUT2D eigenvalue weighted by Crippen LogP contribution is -2.06. The van der Waals surface area contributed by atoms with Gasteiger partial charge >= 0.3 is 0 Å². The Morgan fingerprint density at radius 2 is 1.64 bits per heavy atom. The molecular weight excluding hydrogens is 316 g/mol. The summed E-state index contributed by atoms with van der Waals surface area (Å²) in [5, 5.41) is 0.358. The maximum atomic E-state index is 12.7. The first-order valence-electron chi connectivity index (χ1n) is 6.70. The molecule has 0 atom stereocenters. The van der Waals surface area contributed by atoms with Gasteiger partial charge in [0.1, 0.15) is 0 Å². The van der Waals surface area contributed by atoms with Crippen molar-refractivity contribution in [3.05, 3.63) is 60.2 Å². The fraction of sp³-hybridized carbons (Fsp3) is 0.0625. The first-order valence-corrected chi connectivity index (χ1v) is 8.63. The summed E-state index contributed by atoms with van der Waals surface area (Å²) in [6, 6.07) is 16.1. The van der Waals surface area contributed by atoms with Gasteiger partial charge in [0.25, 0.3) is 10.9 Å². The zero-order chi connectivity index (χ0) is 15.7. The smallest absolute Gasteiger partial charge is 0.231 e. The minimum absolute atomic E-state index is 0.0672. The van der Waals surface area contributed by atoms with Gasteiger partial charge in [-0.25, -0.2) is 18.4 Å². The molecule has 0 saturated heterocycles. The van der Waals surface area contributed by atoms with E-state index >= 15 is 0 Å². The van der Waals surface area contributed by atoms with Crippen LogP contribution in [0.15, 0.2) is 69.5 Å². The predicted molar refractivity (Wildman–Crippen MR) is 86.7 cm³/mol. The molecule has 0 fully saturated rings. The van der Waals surface area contributed by atoms with Crippen LogP contribution < -0.4 is 4.98 Å². The fourth-order valence-corrected chi connectivity index (χ4v) is 3.98. The highest BCUT2D eigenvalue weighted by molar-refractivity contribution is 7.92. The van der Waals surface area contributed by atoms with Crippen LogP contribution in [-0.2, 0) is 9.84 Å². The van der Waals surface area contributed by atoms with E-state index in [9.17, 15) is 8.42 Å². The van der Waals surface area contributed by atoms with E-state index in [1.54, 1.807) is 30.3 Å². The second-order valence-corrected chi connectivity index (χ2v) is 7.32. The van der Waals surface area contributed by atoms with E-state index in [1.165, 1.54) is 0 Å². The first kappa shape index (κ1) is 14.9. The molecule has 3 rings (SSSR count). The van der Waals surface area contributed by atoms with Crippen molar-refractivity contribution < 1.29 is 13.4 Å². The molecule has 2 N–H and O–H groups in total. The molecule has 6 heteroatoms. The lowest BCUT2D eigenvalue weighted by Gasteiger charge is -1.98. The van der Waals surface area contributed by atoms with Crippen molar-refractivity contribution in [3.63, 3.8) is 0 Å². The summed E-state index contributed by atoms with van der Waals surface area (Å²) < 4.78 is 25.3. The Morgan fingerprint density at radius 1 is 1.00 bits per heavy atom. The molecule has 0 spiro atoms. The minimum Gasteiger partial charge on any atom is -0.231 e. The van der Waals surface area contributed by atoms with Gasteiger partial charge in [-0.2, -0.15) is 0 Å².